The first-order chi connectivity index (χ1) is 13.8. The second kappa shape index (κ2) is 12.2. The minimum Gasteiger partial charge on any atom is -0.383 e. The monoisotopic (exact) mass is 434 g/mol. The maximum Gasteiger partial charge on any atom is 0.0947 e. The molecule has 1 fully saturated rings. The van der Waals surface area contributed by atoms with Gasteiger partial charge in [-0.05, 0) is 49.6 Å². The van der Waals surface area contributed by atoms with E-state index in [1.165, 1.54) is 29.8 Å². The minimum absolute atomic E-state index is 0.625. The molecule has 29 heavy (non-hydrogen) atoms. The quantitative estimate of drug-likeness (QED) is 0.712. The molecular weight excluding hydrogens is 401 g/mol. The van der Waals surface area contributed by atoms with Crippen molar-refractivity contribution in [1.29, 1.82) is 0 Å². The smallest absolute Gasteiger partial charge is 0.0947 e. The summed E-state index contributed by atoms with van der Waals surface area (Å²) >= 11 is 12.0. The van der Waals surface area contributed by atoms with E-state index >= 15 is 0 Å². The molecule has 0 atom stereocenters. The van der Waals surface area contributed by atoms with Gasteiger partial charge in [0, 0.05) is 25.3 Å². The number of hydrogen-bond acceptors (Lipinski definition) is 2. The van der Waals surface area contributed by atoms with E-state index < -0.39 is 0 Å². The van der Waals surface area contributed by atoms with E-state index in [1.54, 1.807) is 4.90 Å². The number of nitrogens with zero attached hydrogens (tertiary/aromatic N) is 1. The highest BCUT2D eigenvalue weighted by Crippen LogP contribution is 2.23. The van der Waals surface area contributed by atoms with Gasteiger partial charge in [-0.3, -0.25) is 4.90 Å². The summed E-state index contributed by atoms with van der Waals surface area (Å²) in [5, 5.41) is 4.57. The molecule has 2 aromatic rings. The van der Waals surface area contributed by atoms with Crippen LogP contribution in [-0.4, -0.2) is 44.2 Å². The predicted molar refractivity (Wildman–Crippen MR) is 126 cm³/mol. The lowest BCUT2D eigenvalue weighted by molar-refractivity contribution is -0.903. The van der Waals surface area contributed by atoms with Gasteiger partial charge in [-0.25, -0.2) is 0 Å². The Morgan fingerprint density at radius 1 is 1.03 bits per heavy atom. The number of halogens is 2. The summed E-state index contributed by atoms with van der Waals surface area (Å²) < 4.78 is 0. The second-order valence-corrected chi connectivity index (χ2v) is 8.63. The number of benzene rings is 2. The molecule has 2 aromatic carbocycles. The van der Waals surface area contributed by atoms with Crippen LogP contribution in [0.15, 0.2) is 54.7 Å². The minimum atomic E-state index is 0.625. The Kier molecular flexibility index (Phi) is 10.0. The molecule has 0 amide bonds. The van der Waals surface area contributed by atoms with Gasteiger partial charge in [0.1, 0.15) is 0 Å². The highest BCUT2D eigenvalue weighted by molar-refractivity contribution is 6.42. The molecule has 3 rings (SSSR count). The first-order valence-corrected chi connectivity index (χ1v) is 11.0. The summed E-state index contributed by atoms with van der Waals surface area (Å²) in [7, 11) is 0. The van der Waals surface area contributed by atoms with Crippen LogP contribution in [0.2, 0.25) is 10.0 Å². The first-order valence-electron chi connectivity index (χ1n) is 10.3. The average molecular weight is 435 g/mol. The number of nitrogens with one attached hydrogen (secondary N) is 2. The number of piperazine rings is 1. The molecule has 0 spiro atoms. The van der Waals surface area contributed by atoms with E-state index in [2.05, 4.69) is 61.0 Å². The van der Waals surface area contributed by atoms with E-state index in [0.29, 0.717) is 10.0 Å². The lowest BCUT2D eigenvalue weighted by atomic mass is 10.1. The van der Waals surface area contributed by atoms with Crippen LogP contribution in [0, 0.1) is 13.8 Å². The number of aryl methyl sites for hydroxylation is 2. The number of rotatable bonds is 6. The van der Waals surface area contributed by atoms with Crippen LogP contribution in [0.3, 0.4) is 0 Å². The van der Waals surface area contributed by atoms with Gasteiger partial charge in [-0.2, -0.15) is 0 Å². The SMILES string of the molecule is C=C(C)NCC[NH+]1CCN(Cc2ccc(Cl)c(Cl)c2)CC1.Cc1ccccc1C. The number of allylic oxidation sites excluding steroid dienone is 1. The third kappa shape index (κ3) is 8.79. The van der Waals surface area contributed by atoms with Gasteiger partial charge >= 0.3 is 0 Å². The Balaban J connectivity index is 0.000000313. The van der Waals surface area contributed by atoms with Crippen molar-refractivity contribution in [2.24, 2.45) is 0 Å². The van der Waals surface area contributed by atoms with Gasteiger partial charge in [0.15, 0.2) is 0 Å². The molecule has 0 aliphatic carbocycles. The van der Waals surface area contributed by atoms with E-state index in [4.69, 9.17) is 23.2 Å². The molecule has 1 heterocycles. The summed E-state index contributed by atoms with van der Waals surface area (Å²) in [6, 6.07) is 14.3. The molecule has 1 saturated heterocycles. The molecule has 1 aliphatic heterocycles. The predicted octanol–water partition coefficient (Wildman–Crippen LogP) is 4.12. The number of hydrogen-bond donors (Lipinski definition) is 2. The fourth-order valence-corrected chi connectivity index (χ4v) is 3.61. The van der Waals surface area contributed by atoms with Gasteiger partial charge in [0.25, 0.3) is 0 Å². The summed E-state index contributed by atoms with van der Waals surface area (Å²) in [4.78, 5) is 4.14. The van der Waals surface area contributed by atoms with E-state index in [0.717, 1.165) is 38.4 Å². The van der Waals surface area contributed by atoms with Gasteiger partial charge in [0.05, 0.1) is 36.2 Å². The molecule has 0 saturated carbocycles. The second-order valence-electron chi connectivity index (χ2n) is 7.82. The van der Waals surface area contributed by atoms with Crippen LogP contribution in [-0.2, 0) is 6.54 Å². The molecule has 0 unspecified atom stereocenters. The van der Waals surface area contributed by atoms with E-state index in [-0.39, 0.29) is 0 Å². The summed E-state index contributed by atoms with van der Waals surface area (Å²) in [6.45, 7) is 17.9. The van der Waals surface area contributed by atoms with Gasteiger partial charge < -0.3 is 10.2 Å². The van der Waals surface area contributed by atoms with Crippen molar-refractivity contribution in [3.63, 3.8) is 0 Å². The largest absolute Gasteiger partial charge is 0.383 e. The molecule has 1 aliphatic rings. The fourth-order valence-electron chi connectivity index (χ4n) is 3.29. The Bertz CT molecular complexity index is 762. The first kappa shape index (κ1) is 23.8. The van der Waals surface area contributed by atoms with Crippen LogP contribution in [0.25, 0.3) is 0 Å². The highest BCUT2D eigenvalue weighted by atomic mass is 35.5. The fraction of sp³-hybridized carbons (Fsp3) is 0.417. The van der Waals surface area contributed by atoms with Crippen LogP contribution in [0.5, 0.6) is 0 Å². The zero-order valence-corrected chi connectivity index (χ0v) is 19.4. The molecule has 0 radical (unpaired) electrons. The Morgan fingerprint density at radius 3 is 2.17 bits per heavy atom. The molecule has 5 heteroatoms. The number of quaternary nitrogens is 1. The van der Waals surface area contributed by atoms with Crippen LogP contribution in [0.1, 0.15) is 23.6 Å². The van der Waals surface area contributed by atoms with E-state index in [1.807, 2.05) is 19.1 Å². The molecule has 2 N–H and O–H groups in total. The van der Waals surface area contributed by atoms with Crippen molar-refractivity contribution < 1.29 is 4.90 Å². The highest BCUT2D eigenvalue weighted by Gasteiger charge is 2.19. The lowest BCUT2D eigenvalue weighted by Gasteiger charge is -2.32. The van der Waals surface area contributed by atoms with Gasteiger partial charge in [-0.1, -0.05) is 60.1 Å². The lowest BCUT2D eigenvalue weighted by Crippen LogP contribution is -3.15. The maximum atomic E-state index is 6.07. The van der Waals surface area contributed by atoms with Crippen molar-refractivity contribution in [2.45, 2.75) is 27.3 Å². The molecular formula is C24H34Cl2N3+. The van der Waals surface area contributed by atoms with Crippen molar-refractivity contribution in [3.05, 3.63) is 81.5 Å². The summed E-state index contributed by atoms with van der Waals surface area (Å²) in [5.41, 5.74) is 5.02. The van der Waals surface area contributed by atoms with Crippen molar-refractivity contribution in [1.82, 2.24) is 10.2 Å². The average Bonchev–Trinajstić information content (AvgIpc) is 2.69. The Labute approximate surface area is 186 Å². The van der Waals surface area contributed by atoms with Crippen LogP contribution in [0.4, 0.5) is 0 Å². The van der Waals surface area contributed by atoms with Crippen molar-refractivity contribution in [3.8, 4) is 0 Å². The van der Waals surface area contributed by atoms with Crippen molar-refractivity contribution >= 4 is 23.2 Å². The molecule has 158 valence electrons. The van der Waals surface area contributed by atoms with Gasteiger partial charge in [0.2, 0.25) is 0 Å². The topological polar surface area (TPSA) is 19.7 Å². The molecule has 0 bridgehead atoms. The maximum absolute atomic E-state index is 6.07. The zero-order chi connectivity index (χ0) is 21.2. The Hall–Kier alpha value is -1.52. The Morgan fingerprint density at radius 2 is 1.66 bits per heavy atom. The summed E-state index contributed by atoms with van der Waals surface area (Å²) in [5.74, 6) is 0. The summed E-state index contributed by atoms with van der Waals surface area (Å²) in [6.07, 6.45) is 0. The molecule has 3 nitrogen and oxygen atoms in total. The van der Waals surface area contributed by atoms with Gasteiger partial charge in [-0.15, -0.1) is 0 Å². The van der Waals surface area contributed by atoms with Crippen LogP contribution >= 0.6 is 23.2 Å². The van der Waals surface area contributed by atoms with E-state index in [9.17, 15) is 0 Å². The third-order valence-electron chi connectivity index (χ3n) is 5.28. The zero-order valence-electron chi connectivity index (χ0n) is 17.9. The third-order valence-corrected chi connectivity index (χ3v) is 6.02. The van der Waals surface area contributed by atoms with Crippen molar-refractivity contribution in [2.75, 3.05) is 39.3 Å². The standard InChI is InChI=1S/C16H23Cl2N3.C8H10/c1-13(2)19-5-6-20-7-9-21(10-8-20)12-14-3-4-15(17)16(18)11-14;1-7-5-3-4-6-8(7)2/h3-4,11,19H,1,5-10,12H2,2H3;3-6H,1-2H3/p+1. The van der Waals surface area contributed by atoms with Crippen LogP contribution < -0.4 is 10.2 Å². The normalized spacial score (nSPS) is 14.8. The molecule has 0 aromatic heterocycles.